The fraction of sp³-hybridized carbons (Fsp3) is 0.250. The monoisotopic (exact) mass is 456 g/mol. The van der Waals surface area contributed by atoms with Crippen molar-refractivity contribution in [2.24, 2.45) is 0 Å². The van der Waals surface area contributed by atoms with Gasteiger partial charge in [0.15, 0.2) is 0 Å². The molecule has 1 saturated heterocycles. The molecule has 4 rings (SSSR count). The summed E-state index contributed by atoms with van der Waals surface area (Å²) in [7, 11) is 0. The molecule has 1 aliphatic rings. The maximum absolute atomic E-state index is 13.2. The Morgan fingerprint density at radius 2 is 1.76 bits per heavy atom. The Morgan fingerprint density at radius 3 is 2.50 bits per heavy atom. The Hall–Kier alpha value is -3.93. The number of carbonyl (C=O) groups is 2. The molecular weight excluding hydrogens is 428 g/mol. The molecule has 0 bridgehead atoms. The van der Waals surface area contributed by atoms with Gasteiger partial charge in [0.05, 0.1) is 18.2 Å². The van der Waals surface area contributed by atoms with Crippen LogP contribution in [0.5, 0.6) is 5.75 Å². The van der Waals surface area contributed by atoms with Crippen molar-refractivity contribution in [3.63, 3.8) is 0 Å². The van der Waals surface area contributed by atoms with Crippen molar-refractivity contribution in [3.8, 4) is 5.75 Å². The first kappa shape index (κ1) is 23.2. The van der Waals surface area contributed by atoms with E-state index in [0.29, 0.717) is 23.5 Å². The van der Waals surface area contributed by atoms with E-state index in [2.05, 4.69) is 11.9 Å². The molecule has 1 atom stereocenters. The fourth-order valence-corrected chi connectivity index (χ4v) is 4.15. The van der Waals surface area contributed by atoms with Crippen LogP contribution < -0.4 is 4.74 Å². The van der Waals surface area contributed by atoms with E-state index in [1.807, 2.05) is 54.6 Å². The van der Waals surface area contributed by atoms with Gasteiger partial charge >= 0.3 is 0 Å². The van der Waals surface area contributed by atoms with E-state index in [1.54, 1.807) is 12.1 Å². The third-order valence-electron chi connectivity index (χ3n) is 5.88. The van der Waals surface area contributed by atoms with Gasteiger partial charge in [-0.25, -0.2) is 0 Å². The number of ketones is 1. The Morgan fingerprint density at radius 1 is 1.00 bits per heavy atom. The molecule has 0 radical (unpaired) electrons. The summed E-state index contributed by atoms with van der Waals surface area (Å²) < 4.78 is 5.92. The lowest BCUT2D eigenvalue weighted by atomic mass is 9.95. The van der Waals surface area contributed by atoms with Crippen molar-refractivity contribution in [3.05, 3.63) is 101 Å². The van der Waals surface area contributed by atoms with Gasteiger partial charge in [0.25, 0.3) is 11.7 Å². The number of rotatable bonds is 9. The molecule has 0 spiro atoms. The molecule has 1 aromatic heterocycles. The van der Waals surface area contributed by atoms with Gasteiger partial charge in [-0.1, -0.05) is 62.2 Å². The van der Waals surface area contributed by atoms with Crippen LogP contribution in [0.25, 0.3) is 5.76 Å². The third kappa shape index (κ3) is 5.01. The summed E-state index contributed by atoms with van der Waals surface area (Å²) in [5.74, 6) is -0.887. The lowest BCUT2D eigenvalue weighted by molar-refractivity contribution is -0.140. The molecule has 0 aliphatic carbocycles. The number of pyridine rings is 1. The number of benzene rings is 2. The predicted octanol–water partition coefficient (Wildman–Crippen LogP) is 5.27. The number of hydrogen-bond donors (Lipinski definition) is 1. The standard InChI is InChI=1S/C28H28N2O4/c1-2-3-7-17-34-23-12-8-11-22(18-23)25-24(26(31)21-13-15-29-16-14-21)27(32)28(33)30(25)19-20-9-5-4-6-10-20/h4-6,8-16,18,25,31H,2-3,7,17,19H2,1H3. The first-order valence-corrected chi connectivity index (χ1v) is 11.6. The normalized spacial score (nSPS) is 17.2. The molecule has 1 fully saturated rings. The summed E-state index contributed by atoms with van der Waals surface area (Å²) in [4.78, 5) is 31.8. The Kier molecular flexibility index (Phi) is 7.38. The third-order valence-corrected chi connectivity index (χ3v) is 5.88. The number of carbonyl (C=O) groups excluding carboxylic acids is 2. The number of Topliss-reactive ketones (excluding diaryl/α,β-unsaturated/α-hetero) is 1. The van der Waals surface area contributed by atoms with Crippen molar-refractivity contribution in [1.82, 2.24) is 9.88 Å². The zero-order valence-electron chi connectivity index (χ0n) is 19.2. The number of amides is 1. The summed E-state index contributed by atoms with van der Waals surface area (Å²) in [6.07, 6.45) is 6.22. The summed E-state index contributed by atoms with van der Waals surface area (Å²) in [5.41, 5.74) is 2.10. The quantitative estimate of drug-likeness (QED) is 0.205. The van der Waals surface area contributed by atoms with Crippen LogP contribution in [0, 0.1) is 0 Å². The molecule has 6 heteroatoms. The number of nitrogens with zero attached hydrogens (tertiary/aromatic N) is 2. The summed E-state index contributed by atoms with van der Waals surface area (Å²) in [5, 5.41) is 11.1. The van der Waals surface area contributed by atoms with E-state index < -0.39 is 17.7 Å². The zero-order valence-corrected chi connectivity index (χ0v) is 19.2. The van der Waals surface area contributed by atoms with E-state index >= 15 is 0 Å². The largest absolute Gasteiger partial charge is 0.507 e. The van der Waals surface area contributed by atoms with Gasteiger partial charge in [-0.05, 0) is 41.8 Å². The average Bonchev–Trinajstić information content (AvgIpc) is 3.12. The van der Waals surface area contributed by atoms with Crippen molar-refractivity contribution < 1.29 is 19.4 Å². The van der Waals surface area contributed by atoms with Gasteiger partial charge in [-0.3, -0.25) is 14.6 Å². The second-order valence-electron chi connectivity index (χ2n) is 8.28. The minimum atomic E-state index is -0.743. The molecule has 1 amide bonds. The molecule has 1 unspecified atom stereocenters. The van der Waals surface area contributed by atoms with Crippen LogP contribution in [0.15, 0.2) is 84.7 Å². The molecular formula is C28H28N2O4. The highest BCUT2D eigenvalue weighted by Crippen LogP contribution is 2.41. The minimum absolute atomic E-state index is 0.0651. The molecule has 0 saturated carbocycles. The van der Waals surface area contributed by atoms with Gasteiger partial charge in [0.2, 0.25) is 0 Å². The predicted molar refractivity (Wildman–Crippen MR) is 130 cm³/mol. The second kappa shape index (κ2) is 10.8. The lowest BCUT2D eigenvalue weighted by Gasteiger charge is -2.26. The average molecular weight is 457 g/mol. The highest BCUT2D eigenvalue weighted by Gasteiger charge is 2.46. The van der Waals surface area contributed by atoms with Crippen LogP contribution in [0.3, 0.4) is 0 Å². The van der Waals surface area contributed by atoms with Crippen LogP contribution in [0.4, 0.5) is 0 Å². The first-order valence-electron chi connectivity index (χ1n) is 11.6. The SMILES string of the molecule is CCCCCOc1cccc(C2C(=C(O)c3ccncc3)C(=O)C(=O)N2Cc2ccccc2)c1. The van der Waals surface area contributed by atoms with Crippen molar-refractivity contribution in [2.75, 3.05) is 6.61 Å². The van der Waals surface area contributed by atoms with Crippen LogP contribution in [0.2, 0.25) is 0 Å². The molecule has 6 nitrogen and oxygen atoms in total. The highest BCUT2D eigenvalue weighted by molar-refractivity contribution is 6.46. The van der Waals surface area contributed by atoms with E-state index in [9.17, 15) is 14.7 Å². The number of ether oxygens (including phenoxy) is 1. The maximum Gasteiger partial charge on any atom is 0.295 e. The highest BCUT2D eigenvalue weighted by atomic mass is 16.5. The number of aliphatic hydroxyl groups is 1. The molecule has 2 heterocycles. The Balaban J connectivity index is 1.76. The summed E-state index contributed by atoms with van der Waals surface area (Å²) in [6, 6.07) is 19.4. The molecule has 1 N–H and O–H groups in total. The zero-order chi connectivity index (χ0) is 23.9. The van der Waals surface area contributed by atoms with Crippen molar-refractivity contribution in [2.45, 2.75) is 38.8 Å². The van der Waals surface area contributed by atoms with Gasteiger partial charge in [-0.2, -0.15) is 0 Å². The molecule has 2 aromatic carbocycles. The number of unbranched alkanes of at least 4 members (excludes halogenated alkanes) is 2. The second-order valence-corrected chi connectivity index (χ2v) is 8.28. The van der Waals surface area contributed by atoms with Crippen LogP contribution in [-0.2, 0) is 16.1 Å². The minimum Gasteiger partial charge on any atom is -0.507 e. The molecule has 3 aromatic rings. The number of aromatic nitrogens is 1. The first-order chi connectivity index (χ1) is 16.6. The molecule has 1 aliphatic heterocycles. The maximum atomic E-state index is 13.2. The van der Waals surface area contributed by atoms with Crippen LogP contribution in [0.1, 0.15) is 48.9 Å². The van der Waals surface area contributed by atoms with Crippen LogP contribution >= 0.6 is 0 Å². The van der Waals surface area contributed by atoms with Gasteiger partial charge in [-0.15, -0.1) is 0 Å². The smallest absolute Gasteiger partial charge is 0.295 e. The van der Waals surface area contributed by atoms with Gasteiger partial charge in [0.1, 0.15) is 11.5 Å². The lowest BCUT2D eigenvalue weighted by Crippen LogP contribution is -2.29. The van der Waals surface area contributed by atoms with Crippen LogP contribution in [-0.4, -0.2) is 33.3 Å². The van der Waals surface area contributed by atoms with E-state index in [1.165, 1.54) is 17.3 Å². The number of likely N-dealkylation sites (tertiary alicyclic amines) is 1. The van der Waals surface area contributed by atoms with Gasteiger partial charge < -0.3 is 14.7 Å². The number of aliphatic hydroxyl groups excluding tert-OH is 1. The Bertz CT molecular complexity index is 1180. The van der Waals surface area contributed by atoms with Crippen molar-refractivity contribution in [1.29, 1.82) is 0 Å². The summed E-state index contributed by atoms with van der Waals surface area (Å²) >= 11 is 0. The number of hydrogen-bond acceptors (Lipinski definition) is 5. The van der Waals surface area contributed by atoms with E-state index in [0.717, 1.165) is 24.8 Å². The summed E-state index contributed by atoms with van der Waals surface area (Å²) in [6.45, 7) is 2.97. The fourth-order valence-electron chi connectivity index (χ4n) is 4.15. The van der Waals surface area contributed by atoms with Crippen molar-refractivity contribution >= 4 is 17.4 Å². The van der Waals surface area contributed by atoms with E-state index in [-0.39, 0.29) is 17.9 Å². The van der Waals surface area contributed by atoms with E-state index in [4.69, 9.17) is 4.74 Å². The molecule has 174 valence electrons. The van der Waals surface area contributed by atoms with Gasteiger partial charge in [0, 0.05) is 24.5 Å². The Labute approximate surface area is 199 Å². The molecule has 34 heavy (non-hydrogen) atoms. The topological polar surface area (TPSA) is 79.7 Å².